The molecule has 2 N–H and O–H groups in total. The van der Waals surface area contributed by atoms with Gasteiger partial charge >= 0.3 is 0 Å². The molecule has 0 amide bonds. The van der Waals surface area contributed by atoms with Gasteiger partial charge in [0, 0.05) is 25.7 Å². The number of rotatable bonds is 10. The lowest BCUT2D eigenvalue weighted by molar-refractivity contribution is 0.208. The summed E-state index contributed by atoms with van der Waals surface area (Å²) in [5.74, 6) is 0. The minimum atomic E-state index is 0.566. The molecular formula is C13H31N3. The van der Waals surface area contributed by atoms with Crippen LogP contribution in [0.25, 0.3) is 0 Å². The lowest BCUT2D eigenvalue weighted by Gasteiger charge is -2.28. The van der Waals surface area contributed by atoms with Crippen molar-refractivity contribution in [3.05, 3.63) is 0 Å². The second-order valence-corrected chi connectivity index (χ2v) is 5.02. The number of likely N-dealkylation sites (N-methyl/N-ethyl adjacent to an activating group) is 2. The summed E-state index contributed by atoms with van der Waals surface area (Å²) < 4.78 is 0. The van der Waals surface area contributed by atoms with E-state index in [1.54, 1.807) is 0 Å². The summed E-state index contributed by atoms with van der Waals surface area (Å²) in [6, 6.07) is 0.566. The number of hydrogen-bond acceptors (Lipinski definition) is 3. The second kappa shape index (κ2) is 10.1. The van der Waals surface area contributed by atoms with E-state index >= 15 is 0 Å². The van der Waals surface area contributed by atoms with E-state index in [2.05, 4.69) is 37.9 Å². The molecule has 0 aromatic heterocycles. The molecule has 1 unspecified atom stereocenters. The van der Waals surface area contributed by atoms with Gasteiger partial charge in [-0.2, -0.15) is 0 Å². The second-order valence-electron chi connectivity index (χ2n) is 5.02. The first-order valence-corrected chi connectivity index (χ1v) is 6.66. The van der Waals surface area contributed by atoms with Crippen molar-refractivity contribution in [3.8, 4) is 0 Å². The molecule has 0 radical (unpaired) electrons. The van der Waals surface area contributed by atoms with Crippen molar-refractivity contribution in [3.63, 3.8) is 0 Å². The summed E-state index contributed by atoms with van der Waals surface area (Å²) in [6.07, 6.45) is 6.60. The molecule has 0 aliphatic rings. The molecule has 0 spiro atoms. The Morgan fingerprint density at radius 2 is 1.69 bits per heavy atom. The van der Waals surface area contributed by atoms with Gasteiger partial charge in [-0.3, -0.25) is 0 Å². The summed E-state index contributed by atoms with van der Waals surface area (Å²) >= 11 is 0. The first-order valence-electron chi connectivity index (χ1n) is 6.66. The predicted octanol–water partition coefficient (Wildman–Crippen LogP) is 1.78. The SMILES string of the molecule is CCCCCCC(CN)N(C)CCN(C)C. The van der Waals surface area contributed by atoms with Crippen molar-refractivity contribution in [1.82, 2.24) is 9.80 Å². The standard InChI is InChI=1S/C13H31N3/c1-5-6-7-8-9-13(12-14)16(4)11-10-15(2)3/h13H,5-12,14H2,1-4H3. The lowest BCUT2D eigenvalue weighted by Crippen LogP contribution is -2.41. The Balaban J connectivity index is 3.69. The first kappa shape index (κ1) is 15.9. The number of unbranched alkanes of at least 4 members (excludes halogenated alkanes) is 3. The Kier molecular flexibility index (Phi) is 9.99. The van der Waals surface area contributed by atoms with E-state index in [1.165, 1.54) is 32.1 Å². The minimum absolute atomic E-state index is 0.566. The van der Waals surface area contributed by atoms with Crippen molar-refractivity contribution in [2.45, 2.75) is 45.1 Å². The van der Waals surface area contributed by atoms with Crippen molar-refractivity contribution < 1.29 is 0 Å². The van der Waals surface area contributed by atoms with Crippen molar-refractivity contribution in [1.29, 1.82) is 0 Å². The topological polar surface area (TPSA) is 32.5 Å². The summed E-state index contributed by atoms with van der Waals surface area (Å²) in [6.45, 7) is 5.27. The molecule has 0 fully saturated rings. The van der Waals surface area contributed by atoms with E-state index in [0.717, 1.165) is 19.6 Å². The third kappa shape index (κ3) is 8.08. The van der Waals surface area contributed by atoms with Crippen LogP contribution in [-0.2, 0) is 0 Å². The maximum atomic E-state index is 5.84. The maximum Gasteiger partial charge on any atom is 0.0215 e. The van der Waals surface area contributed by atoms with Crippen LogP contribution in [0.5, 0.6) is 0 Å². The van der Waals surface area contributed by atoms with Gasteiger partial charge < -0.3 is 15.5 Å². The van der Waals surface area contributed by atoms with Gasteiger partial charge in [-0.25, -0.2) is 0 Å². The fourth-order valence-corrected chi connectivity index (χ4v) is 1.87. The lowest BCUT2D eigenvalue weighted by atomic mass is 10.1. The van der Waals surface area contributed by atoms with Crippen LogP contribution in [0.1, 0.15) is 39.0 Å². The van der Waals surface area contributed by atoms with Crippen molar-refractivity contribution >= 4 is 0 Å². The normalized spacial score (nSPS) is 13.7. The smallest absolute Gasteiger partial charge is 0.0215 e. The highest BCUT2D eigenvalue weighted by Gasteiger charge is 2.12. The van der Waals surface area contributed by atoms with Crippen LogP contribution in [0.2, 0.25) is 0 Å². The number of hydrogen-bond donors (Lipinski definition) is 1. The monoisotopic (exact) mass is 229 g/mol. The molecular weight excluding hydrogens is 198 g/mol. The average molecular weight is 229 g/mol. The van der Waals surface area contributed by atoms with Crippen LogP contribution in [-0.4, -0.2) is 56.6 Å². The Morgan fingerprint density at radius 3 is 2.19 bits per heavy atom. The quantitative estimate of drug-likeness (QED) is 0.580. The third-order valence-corrected chi connectivity index (χ3v) is 3.19. The van der Waals surface area contributed by atoms with Gasteiger partial charge in [0.15, 0.2) is 0 Å². The zero-order chi connectivity index (χ0) is 12.4. The van der Waals surface area contributed by atoms with Crippen molar-refractivity contribution in [2.24, 2.45) is 5.73 Å². The van der Waals surface area contributed by atoms with E-state index in [1.807, 2.05) is 0 Å². The van der Waals surface area contributed by atoms with Crippen LogP contribution in [0.3, 0.4) is 0 Å². The van der Waals surface area contributed by atoms with E-state index in [9.17, 15) is 0 Å². The van der Waals surface area contributed by atoms with Crippen LogP contribution >= 0.6 is 0 Å². The summed E-state index contributed by atoms with van der Waals surface area (Å²) in [7, 11) is 6.43. The highest BCUT2D eigenvalue weighted by molar-refractivity contribution is 4.70. The van der Waals surface area contributed by atoms with Crippen LogP contribution in [0.4, 0.5) is 0 Å². The zero-order valence-electron chi connectivity index (χ0n) is 11.7. The zero-order valence-corrected chi connectivity index (χ0v) is 11.7. The minimum Gasteiger partial charge on any atom is -0.329 e. The molecule has 0 aromatic rings. The fraction of sp³-hybridized carbons (Fsp3) is 1.00. The van der Waals surface area contributed by atoms with Gasteiger partial charge in [-0.05, 0) is 27.6 Å². The molecule has 16 heavy (non-hydrogen) atoms. The summed E-state index contributed by atoms with van der Waals surface area (Å²) in [5, 5.41) is 0. The van der Waals surface area contributed by atoms with E-state index in [-0.39, 0.29) is 0 Å². The van der Waals surface area contributed by atoms with Gasteiger partial charge in [-0.1, -0.05) is 32.6 Å². The summed E-state index contributed by atoms with van der Waals surface area (Å²) in [4.78, 5) is 4.63. The van der Waals surface area contributed by atoms with Crippen LogP contribution < -0.4 is 5.73 Å². The Morgan fingerprint density at radius 1 is 1.00 bits per heavy atom. The molecule has 0 bridgehead atoms. The predicted molar refractivity (Wildman–Crippen MR) is 72.8 cm³/mol. The van der Waals surface area contributed by atoms with Gasteiger partial charge in [0.05, 0.1) is 0 Å². The van der Waals surface area contributed by atoms with Gasteiger partial charge in [0.2, 0.25) is 0 Å². The van der Waals surface area contributed by atoms with Gasteiger partial charge in [0.25, 0.3) is 0 Å². The Bertz CT molecular complexity index is 148. The largest absolute Gasteiger partial charge is 0.329 e. The van der Waals surface area contributed by atoms with Gasteiger partial charge in [-0.15, -0.1) is 0 Å². The fourth-order valence-electron chi connectivity index (χ4n) is 1.87. The molecule has 0 aliphatic carbocycles. The van der Waals surface area contributed by atoms with E-state index < -0.39 is 0 Å². The first-order chi connectivity index (χ1) is 7.61. The van der Waals surface area contributed by atoms with E-state index in [0.29, 0.717) is 6.04 Å². The molecule has 0 rings (SSSR count). The Labute approximate surface area is 102 Å². The summed E-state index contributed by atoms with van der Waals surface area (Å²) in [5.41, 5.74) is 5.84. The molecule has 98 valence electrons. The average Bonchev–Trinajstić information content (AvgIpc) is 2.26. The maximum absolute atomic E-state index is 5.84. The molecule has 0 aliphatic heterocycles. The molecule has 3 nitrogen and oxygen atoms in total. The van der Waals surface area contributed by atoms with Crippen molar-refractivity contribution in [2.75, 3.05) is 40.8 Å². The number of nitrogens with zero attached hydrogens (tertiary/aromatic N) is 2. The van der Waals surface area contributed by atoms with Crippen LogP contribution in [0.15, 0.2) is 0 Å². The number of nitrogens with two attached hydrogens (primary N) is 1. The molecule has 3 heteroatoms. The molecule has 1 atom stereocenters. The molecule has 0 saturated heterocycles. The van der Waals surface area contributed by atoms with E-state index in [4.69, 9.17) is 5.73 Å². The highest BCUT2D eigenvalue weighted by atomic mass is 15.2. The highest BCUT2D eigenvalue weighted by Crippen LogP contribution is 2.08. The van der Waals surface area contributed by atoms with Gasteiger partial charge in [0.1, 0.15) is 0 Å². The Hall–Kier alpha value is -0.120. The molecule has 0 saturated carbocycles. The van der Waals surface area contributed by atoms with Crippen LogP contribution in [0, 0.1) is 0 Å². The third-order valence-electron chi connectivity index (χ3n) is 3.19. The molecule has 0 heterocycles. The molecule has 0 aromatic carbocycles.